The predicted molar refractivity (Wildman–Crippen MR) is 150 cm³/mol. The summed E-state index contributed by atoms with van der Waals surface area (Å²) in [5.74, 6) is 0. The molecule has 0 aliphatic carbocycles. The molecule has 0 aliphatic rings. The molecule has 1 aromatic heterocycles. The summed E-state index contributed by atoms with van der Waals surface area (Å²) >= 11 is 6.47. The van der Waals surface area contributed by atoms with Crippen LogP contribution in [-0.2, 0) is 6.42 Å². The maximum Gasteiger partial charge on any atom is 0.0945 e. The summed E-state index contributed by atoms with van der Waals surface area (Å²) in [6.45, 7) is 18.3. The SMILES string of the molecule is C=C(CCC)c1c(N)sc2c(CCCN(CC)CC)c(-c3ccccc3S)ccc12.CC. The Morgan fingerprint density at radius 3 is 2.34 bits per heavy atom. The second kappa shape index (κ2) is 13.1. The number of thiophene rings is 1. The molecule has 0 bridgehead atoms. The fourth-order valence-electron chi connectivity index (χ4n) is 4.25. The van der Waals surface area contributed by atoms with Gasteiger partial charge in [0.25, 0.3) is 0 Å². The lowest BCUT2D eigenvalue weighted by atomic mass is 9.92. The third-order valence-electron chi connectivity index (χ3n) is 5.88. The molecule has 0 saturated carbocycles. The smallest absolute Gasteiger partial charge is 0.0945 e. The second-order valence-electron chi connectivity index (χ2n) is 7.81. The van der Waals surface area contributed by atoms with Crippen LogP contribution in [0, 0.1) is 0 Å². The fraction of sp³-hybridized carbons (Fsp3) is 0.429. The van der Waals surface area contributed by atoms with Gasteiger partial charge < -0.3 is 10.6 Å². The minimum atomic E-state index is 0.893. The average Bonchev–Trinajstić information content (AvgIpc) is 3.15. The molecule has 32 heavy (non-hydrogen) atoms. The Labute approximate surface area is 204 Å². The van der Waals surface area contributed by atoms with Crippen molar-refractivity contribution in [3.05, 3.63) is 54.1 Å². The van der Waals surface area contributed by atoms with E-state index in [2.05, 4.69) is 62.6 Å². The standard InChI is InChI=1S/C26H34N2S2.C2H6/c1-5-11-18(4)24-22-16-15-19(20-12-8-9-14-23(20)29)21(25(22)30-26(24)27)13-10-17-28(6-2)7-3;1-2/h8-9,12,14-16,29H,4-7,10-11,13,17,27H2,1-3H3;1-2H3. The van der Waals surface area contributed by atoms with E-state index in [1.54, 1.807) is 11.3 Å². The van der Waals surface area contributed by atoms with Crippen molar-refractivity contribution in [2.24, 2.45) is 0 Å². The first kappa shape index (κ1) is 26.5. The van der Waals surface area contributed by atoms with Crippen molar-refractivity contribution in [1.82, 2.24) is 4.90 Å². The summed E-state index contributed by atoms with van der Waals surface area (Å²) in [5.41, 5.74) is 12.7. The summed E-state index contributed by atoms with van der Waals surface area (Å²) < 4.78 is 1.31. The lowest BCUT2D eigenvalue weighted by Crippen LogP contribution is -2.24. The zero-order valence-electron chi connectivity index (χ0n) is 20.5. The van der Waals surface area contributed by atoms with Crippen molar-refractivity contribution in [2.75, 3.05) is 25.4 Å². The molecule has 0 unspecified atom stereocenters. The number of hydrogen-bond donors (Lipinski definition) is 2. The van der Waals surface area contributed by atoms with Gasteiger partial charge >= 0.3 is 0 Å². The zero-order valence-corrected chi connectivity index (χ0v) is 22.2. The highest BCUT2D eigenvalue weighted by molar-refractivity contribution is 7.80. The monoisotopic (exact) mass is 468 g/mol. The number of anilines is 1. The molecular weight excluding hydrogens is 428 g/mol. The molecule has 0 spiro atoms. The van der Waals surface area contributed by atoms with E-state index in [0.717, 1.165) is 66.4 Å². The molecule has 4 heteroatoms. The predicted octanol–water partition coefficient (Wildman–Crippen LogP) is 8.55. The van der Waals surface area contributed by atoms with Gasteiger partial charge in [-0.05, 0) is 67.2 Å². The van der Waals surface area contributed by atoms with E-state index in [-0.39, 0.29) is 0 Å². The van der Waals surface area contributed by atoms with Crippen LogP contribution in [0.25, 0.3) is 26.8 Å². The van der Waals surface area contributed by atoms with Crippen molar-refractivity contribution in [3.63, 3.8) is 0 Å². The minimum absolute atomic E-state index is 0.893. The quantitative estimate of drug-likeness (QED) is 0.292. The number of benzene rings is 2. The maximum atomic E-state index is 6.53. The highest BCUT2D eigenvalue weighted by atomic mass is 32.1. The van der Waals surface area contributed by atoms with Crippen LogP contribution in [0.2, 0.25) is 0 Å². The Morgan fingerprint density at radius 1 is 1.03 bits per heavy atom. The van der Waals surface area contributed by atoms with Gasteiger partial charge in [-0.25, -0.2) is 0 Å². The van der Waals surface area contributed by atoms with Gasteiger partial charge in [-0.3, -0.25) is 0 Å². The number of nitrogens with two attached hydrogens (primary N) is 1. The van der Waals surface area contributed by atoms with Crippen molar-refractivity contribution in [3.8, 4) is 11.1 Å². The maximum absolute atomic E-state index is 6.53. The zero-order chi connectivity index (χ0) is 23.7. The first-order valence-electron chi connectivity index (χ1n) is 12.0. The van der Waals surface area contributed by atoms with Crippen LogP contribution in [-0.4, -0.2) is 24.5 Å². The molecule has 174 valence electrons. The molecule has 2 nitrogen and oxygen atoms in total. The molecule has 1 heterocycles. The highest BCUT2D eigenvalue weighted by Crippen LogP contribution is 2.44. The van der Waals surface area contributed by atoms with E-state index >= 15 is 0 Å². The number of fused-ring (bicyclic) bond motifs is 1. The molecule has 3 aromatic rings. The highest BCUT2D eigenvalue weighted by Gasteiger charge is 2.19. The van der Waals surface area contributed by atoms with Crippen molar-refractivity contribution >= 4 is 44.6 Å². The van der Waals surface area contributed by atoms with E-state index in [4.69, 9.17) is 18.4 Å². The van der Waals surface area contributed by atoms with Crippen LogP contribution in [0.15, 0.2) is 47.9 Å². The molecule has 2 aromatic carbocycles. The van der Waals surface area contributed by atoms with E-state index in [1.807, 2.05) is 19.9 Å². The van der Waals surface area contributed by atoms with Crippen molar-refractivity contribution in [1.29, 1.82) is 0 Å². The Kier molecular flexibility index (Phi) is 10.8. The summed E-state index contributed by atoms with van der Waals surface area (Å²) in [4.78, 5) is 3.51. The first-order valence-corrected chi connectivity index (χ1v) is 13.3. The first-order chi connectivity index (χ1) is 15.5. The number of hydrogen-bond acceptors (Lipinski definition) is 4. The molecule has 2 N–H and O–H groups in total. The van der Waals surface area contributed by atoms with Gasteiger partial charge in [0.15, 0.2) is 0 Å². The van der Waals surface area contributed by atoms with Crippen molar-refractivity contribution in [2.45, 2.75) is 65.2 Å². The van der Waals surface area contributed by atoms with Crippen molar-refractivity contribution < 1.29 is 0 Å². The van der Waals surface area contributed by atoms with Gasteiger partial charge in [0.05, 0.1) is 5.00 Å². The minimum Gasteiger partial charge on any atom is -0.390 e. The van der Waals surface area contributed by atoms with E-state index in [9.17, 15) is 0 Å². The third-order valence-corrected chi connectivity index (χ3v) is 7.37. The van der Waals surface area contributed by atoms with Gasteiger partial charge in [0, 0.05) is 20.5 Å². The van der Waals surface area contributed by atoms with E-state index < -0.39 is 0 Å². The molecule has 0 saturated heterocycles. The number of rotatable bonds is 10. The third kappa shape index (κ3) is 5.98. The second-order valence-corrected chi connectivity index (χ2v) is 9.34. The average molecular weight is 469 g/mol. The number of aryl methyl sites for hydroxylation is 1. The van der Waals surface area contributed by atoms with Gasteiger partial charge in [-0.2, -0.15) is 0 Å². The largest absolute Gasteiger partial charge is 0.390 e. The topological polar surface area (TPSA) is 29.3 Å². The van der Waals surface area contributed by atoms with Crippen LogP contribution in [0.5, 0.6) is 0 Å². The van der Waals surface area contributed by atoms with E-state index in [1.165, 1.54) is 26.8 Å². The van der Waals surface area contributed by atoms with E-state index in [0.29, 0.717) is 0 Å². The number of nitrogen functional groups attached to an aromatic ring is 1. The molecule has 3 rings (SSSR count). The molecule has 0 aliphatic heterocycles. The summed E-state index contributed by atoms with van der Waals surface area (Å²) in [7, 11) is 0. The lowest BCUT2D eigenvalue weighted by Gasteiger charge is -2.19. The Balaban J connectivity index is 0.00000176. The number of nitrogens with zero attached hydrogens (tertiary/aromatic N) is 1. The fourth-order valence-corrected chi connectivity index (χ4v) is 5.72. The van der Waals surface area contributed by atoms with Gasteiger partial charge in [0.2, 0.25) is 0 Å². The van der Waals surface area contributed by atoms with Crippen LogP contribution in [0.3, 0.4) is 0 Å². The molecular formula is C28H40N2S2. The molecule has 0 radical (unpaired) electrons. The Morgan fingerprint density at radius 2 is 1.72 bits per heavy atom. The van der Waals surface area contributed by atoms with Gasteiger partial charge in [-0.15, -0.1) is 24.0 Å². The molecule has 0 atom stereocenters. The lowest BCUT2D eigenvalue weighted by molar-refractivity contribution is 0.300. The number of thiol groups is 1. The summed E-state index contributed by atoms with van der Waals surface area (Å²) in [5, 5.41) is 2.15. The normalized spacial score (nSPS) is 11.0. The van der Waals surface area contributed by atoms with Crippen LogP contribution < -0.4 is 5.73 Å². The number of allylic oxidation sites excluding steroid dienone is 1. The van der Waals surface area contributed by atoms with Crippen LogP contribution >= 0.6 is 24.0 Å². The molecule has 0 fully saturated rings. The van der Waals surface area contributed by atoms with Gasteiger partial charge in [0.1, 0.15) is 0 Å². The Bertz CT molecular complexity index is 1020. The summed E-state index contributed by atoms with van der Waals surface area (Å²) in [6, 6.07) is 12.9. The Hall–Kier alpha value is -1.75. The molecule has 0 amide bonds. The summed E-state index contributed by atoms with van der Waals surface area (Å²) in [6.07, 6.45) is 4.22. The van der Waals surface area contributed by atoms with Crippen LogP contribution in [0.1, 0.15) is 65.0 Å². The van der Waals surface area contributed by atoms with Crippen LogP contribution in [0.4, 0.5) is 5.00 Å². The van der Waals surface area contributed by atoms with Gasteiger partial charge in [-0.1, -0.05) is 78.0 Å².